The molecule has 6 nitrogen and oxygen atoms in total. The predicted octanol–water partition coefficient (Wildman–Crippen LogP) is 2.06. The van der Waals surface area contributed by atoms with E-state index in [0.29, 0.717) is 18.5 Å². The summed E-state index contributed by atoms with van der Waals surface area (Å²) < 4.78 is 0. The zero-order valence-corrected chi connectivity index (χ0v) is 16.3. The number of rotatable bonds is 9. The van der Waals surface area contributed by atoms with Gasteiger partial charge in [0, 0.05) is 18.5 Å². The van der Waals surface area contributed by atoms with E-state index in [0.717, 1.165) is 12.0 Å². The van der Waals surface area contributed by atoms with Gasteiger partial charge in [0.15, 0.2) is 0 Å². The number of hydrogen-bond donors (Lipinski definition) is 3. The Hall–Kier alpha value is -3.15. The molecule has 0 aliphatic heterocycles. The molecular formula is C22H27N3O3. The van der Waals surface area contributed by atoms with Crippen LogP contribution < -0.4 is 16.0 Å². The van der Waals surface area contributed by atoms with Crippen molar-refractivity contribution < 1.29 is 14.4 Å². The van der Waals surface area contributed by atoms with Crippen molar-refractivity contribution in [2.75, 3.05) is 6.54 Å². The van der Waals surface area contributed by atoms with Crippen molar-refractivity contribution in [3.63, 3.8) is 0 Å². The van der Waals surface area contributed by atoms with E-state index in [9.17, 15) is 14.4 Å². The minimum absolute atomic E-state index is 0.247. The second-order valence-electron chi connectivity index (χ2n) is 6.60. The molecule has 2 aromatic carbocycles. The van der Waals surface area contributed by atoms with E-state index >= 15 is 0 Å². The summed E-state index contributed by atoms with van der Waals surface area (Å²) >= 11 is 0. The molecule has 0 unspecified atom stereocenters. The number of amides is 3. The summed E-state index contributed by atoms with van der Waals surface area (Å²) in [5.41, 5.74) is 1.39. The van der Waals surface area contributed by atoms with Gasteiger partial charge in [-0.1, -0.05) is 55.5 Å². The molecule has 2 atom stereocenters. The van der Waals surface area contributed by atoms with Crippen molar-refractivity contribution in [1.82, 2.24) is 16.0 Å². The summed E-state index contributed by atoms with van der Waals surface area (Å²) in [5, 5.41) is 8.24. The number of nitrogens with one attached hydrogen (secondary N) is 3. The van der Waals surface area contributed by atoms with E-state index in [1.165, 1.54) is 0 Å². The maximum Gasteiger partial charge on any atom is 0.251 e. The monoisotopic (exact) mass is 381 g/mol. The van der Waals surface area contributed by atoms with Gasteiger partial charge in [0.1, 0.15) is 12.1 Å². The van der Waals surface area contributed by atoms with Gasteiger partial charge < -0.3 is 16.0 Å². The summed E-state index contributed by atoms with van der Waals surface area (Å²) in [6.07, 6.45) is 1.14. The summed E-state index contributed by atoms with van der Waals surface area (Å²) in [4.78, 5) is 37.4. The van der Waals surface area contributed by atoms with E-state index in [4.69, 9.17) is 0 Å². The van der Waals surface area contributed by atoms with E-state index in [2.05, 4.69) is 16.0 Å². The molecule has 28 heavy (non-hydrogen) atoms. The van der Waals surface area contributed by atoms with Crippen molar-refractivity contribution in [2.45, 2.75) is 38.8 Å². The molecule has 0 aromatic heterocycles. The lowest BCUT2D eigenvalue weighted by atomic mass is 10.0. The first kappa shape index (κ1) is 21.2. The zero-order chi connectivity index (χ0) is 20.4. The minimum Gasteiger partial charge on any atom is -0.354 e. The van der Waals surface area contributed by atoms with Crippen LogP contribution in [0.15, 0.2) is 60.7 Å². The highest BCUT2D eigenvalue weighted by atomic mass is 16.2. The third-order valence-electron chi connectivity index (χ3n) is 4.24. The number of benzene rings is 2. The SMILES string of the molecule is CCCNC(=O)[C@H](C)NC(=O)[C@H](Cc1ccccc1)NC(=O)c1ccccc1. The lowest BCUT2D eigenvalue weighted by Gasteiger charge is -2.21. The van der Waals surface area contributed by atoms with Gasteiger partial charge in [-0.3, -0.25) is 14.4 Å². The molecule has 0 spiro atoms. The maximum atomic E-state index is 12.8. The van der Waals surface area contributed by atoms with E-state index in [1.807, 2.05) is 43.3 Å². The van der Waals surface area contributed by atoms with Crippen LogP contribution >= 0.6 is 0 Å². The Labute approximate surface area is 165 Å². The molecule has 0 saturated heterocycles. The Morgan fingerprint density at radius 2 is 1.46 bits per heavy atom. The van der Waals surface area contributed by atoms with Gasteiger partial charge in [-0.05, 0) is 31.0 Å². The van der Waals surface area contributed by atoms with Crippen molar-refractivity contribution in [3.8, 4) is 0 Å². The van der Waals surface area contributed by atoms with E-state index < -0.39 is 18.0 Å². The van der Waals surface area contributed by atoms with Crippen LogP contribution in [-0.2, 0) is 16.0 Å². The van der Waals surface area contributed by atoms with Crippen LogP contribution in [-0.4, -0.2) is 36.3 Å². The van der Waals surface area contributed by atoms with Gasteiger partial charge in [0.05, 0.1) is 0 Å². The van der Waals surface area contributed by atoms with Gasteiger partial charge in [0.25, 0.3) is 5.91 Å². The maximum absolute atomic E-state index is 12.8. The minimum atomic E-state index is -0.795. The summed E-state index contributed by atoms with van der Waals surface area (Å²) in [6.45, 7) is 4.14. The van der Waals surface area contributed by atoms with Gasteiger partial charge in [0.2, 0.25) is 11.8 Å². The molecule has 2 aromatic rings. The standard InChI is InChI=1S/C22H27N3O3/c1-3-14-23-20(26)16(2)24-22(28)19(15-17-10-6-4-7-11-17)25-21(27)18-12-8-5-9-13-18/h4-13,16,19H,3,14-15H2,1-2H3,(H,23,26)(H,24,28)(H,25,27)/t16-,19-/m0/s1. The van der Waals surface area contributed by atoms with E-state index in [1.54, 1.807) is 31.2 Å². The average molecular weight is 381 g/mol. The Morgan fingerprint density at radius 1 is 0.857 bits per heavy atom. The fraction of sp³-hybridized carbons (Fsp3) is 0.318. The third kappa shape index (κ3) is 6.54. The van der Waals surface area contributed by atoms with Crippen molar-refractivity contribution in [2.24, 2.45) is 0 Å². The first-order chi connectivity index (χ1) is 13.5. The lowest BCUT2D eigenvalue weighted by Crippen LogP contribution is -2.53. The smallest absolute Gasteiger partial charge is 0.251 e. The molecule has 0 saturated carbocycles. The van der Waals surface area contributed by atoms with Crippen molar-refractivity contribution in [3.05, 3.63) is 71.8 Å². The van der Waals surface area contributed by atoms with Gasteiger partial charge in [-0.2, -0.15) is 0 Å². The van der Waals surface area contributed by atoms with E-state index in [-0.39, 0.29) is 11.8 Å². The second-order valence-corrected chi connectivity index (χ2v) is 6.60. The third-order valence-corrected chi connectivity index (χ3v) is 4.24. The Bertz CT molecular complexity index is 778. The first-order valence-electron chi connectivity index (χ1n) is 9.49. The van der Waals surface area contributed by atoms with Crippen molar-refractivity contribution >= 4 is 17.7 Å². The average Bonchev–Trinajstić information content (AvgIpc) is 2.72. The molecule has 0 bridgehead atoms. The molecule has 3 amide bonds. The molecule has 2 rings (SSSR count). The lowest BCUT2D eigenvalue weighted by molar-refractivity contribution is -0.129. The Balaban J connectivity index is 2.09. The second kappa shape index (κ2) is 10.9. The van der Waals surface area contributed by atoms with Crippen LogP contribution in [0.1, 0.15) is 36.2 Å². The summed E-state index contributed by atoms with van der Waals surface area (Å²) in [5.74, 6) is -0.977. The van der Waals surface area contributed by atoms with Crippen LogP contribution in [0.25, 0.3) is 0 Å². The molecular weight excluding hydrogens is 354 g/mol. The first-order valence-corrected chi connectivity index (χ1v) is 9.49. The summed E-state index contributed by atoms with van der Waals surface area (Å²) in [7, 11) is 0. The number of hydrogen-bond acceptors (Lipinski definition) is 3. The Kier molecular flexibility index (Phi) is 8.21. The van der Waals surface area contributed by atoms with Crippen molar-refractivity contribution in [1.29, 1.82) is 0 Å². The predicted molar refractivity (Wildman–Crippen MR) is 109 cm³/mol. The zero-order valence-electron chi connectivity index (χ0n) is 16.3. The molecule has 3 N–H and O–H groups in total. The highest BCUT2D eigenvalue weighted by Crippen LogP contribution is 2.06. The van der Waals surface area contributed by atoms with Crippen LogP contribution in [0.2, 0.25) is 0 Å². The number of carbonyl (C=O) groups is 3. The van der Waals surface area contributed by atoms with Gasteiger partial charge in [-0.25, -0.2) is 0 Å². The molecule has 0 heterocycles. The summed E-state index contributed by atoms with van der Waals surface area (Å²) in [6, 6.07) is 16.7. The molecule has 0 aliphatic carbocycles. The van der Waals surface area contributed by atoms with Crippen LogP contribution in [0.5, 0.6) is 0 Å². The topological polar surface area (TPSA) is 87.3 Å². The molecule has 0 aliphatic rings. The molecule has 0 fully saturated rings. The van der Waals surface area contributed by atoms with Gasteiger partial charge >= 0.3 is 0 Å². The fourth-order valence-corrected chi connectivity index (χ4v) is 2.67. The van der Waals surface area contributed by atoms with Crippen LogP contribution in [0.3, 0.4) is 0 Å². The fourth-order valence-electron chi connectivity index (χ4n) is 2.67. The number of carbonyl (C=O) groups excluding carboxylic acids is 3. The Morgan fingerprint density at radius 3 is 2.07 bits per heavy atom. The molecule has 148 valence electrons. The largest absolute Gasteiger partial charge is 0.354 e. The highest BCUT2D eigenvalue weighted by molar-refractivity contribution is 5.98. The molecule has 6 heteroatoms. The van der Waals surface area contributed by atoms with Crippen LogP contribution in [0, 0.1) is 0 Å². The molecule has 0 radical (unpaired) electrons. The highest BCUT2D eigenvalue weighted by Gasteiger charge is 2.25. The normalized spacial score (nSPS) is 12.5. The van der Waals surface area contributed by atoms with Crippen LogP contribution in [0.4, 0.5) is 0 Å². The van der Waals surface area contributed by atoms with Gasteiger partial charge in [-0.15, -0.1) is 0 Å². The quantitative estimate of drug-likeness (QED) is 0.621.